The van der Waals surface area contributed by atoms with Gasteiger partial charge in [-0.15, -0.1) is 0 Å². The van der Waals surface area contributed by atoms with Gasteiger partial charge in [-0.1, -0.05) is 66.7 Å². The standard InChI is InChI=1S/C22H18N4O2/c27-26(28)20-13-7-12-19-21(20)22(25-15-24-19)23-14-18(16-8-3-1-4-9-16)17-10-5-2-6-11-17/h1-13,15,18H,14H2,(H,23,24,25). The third-order valence-electron chi connectivity index (χ3n) is 4.72. The van der Waals surface area contributed by atoms with Gasteiger partial charge in [0, 0.05) is 18.5 Å². The predicted molar refractivity (Wildman–Crippen MR) is 109 cm³/mol. The minimum Gasteiger partial charge on any atom is -0.368 e. The van der Waals surface area contributed by atoms with Crippen molar-refractivity contribution in [2.24, 2.45) is 0 Å². The van der Waals surface area contributed by atoms with Crippen LogP contribution in [0.2, 0.25) is 0 Å². The van der Waals surface area contributed by atoms with Gasteiger partial charge < -0.3 is 5.32 Å². The van der Waals surface area contributed by atoms with E-state index in [1.54, 1.807) is 12.1 Å². The minimum atomic E-state index is -0.400. The average Bonchev–Trinajstić information content (AvgIpc) is 2.75. The Morgan fingerprint density at radius 2 is 1.50 bits per heavy atom. The number of anilines is 1. The van der Waals surface area contributed by atoms with Crippen LogP contribution in [0.1, 0.15) is 17.0 Å². The first-order valence-electron chi connectivity index (χ1n) is 8.96. The van der Waals surface area contributed by atoms with Gasteiger partial charge in [-0.05, 0) is 17.2 Å². The van der Waals surface area contributed by atoms with E-state index in [4.69, 9.17) is 0 Å². The minimum absolute atomic E-state index is 0.00317. The van der Waals surface area contributed by atoms with Gasteiger partial charge in [0.2, 0.25) is 0 Å². The molecule has 1 N–H and O–H groups in total. The van der Waals surface area contributed by atoms with Gasteiger partial charge in [-0.3, -0.25) is 10.1 Å². The molecule has 4 rings (SSSR count). The fourth-order valence-corrected chi connectivity index (χ4v) is 3.38. The van der Waals surface area contributed by atoms with E-state index in [1.165, 1.54) is 12.4 Å². The lowest BCUT2D eigenvalue weighted by Gasteiger charge is -2.19. The van der Waals surface area contributed by atoms with Crippen molar-refractivity contribution < 1.29 is 4.92 Å². The molecule has 6 heteroatoms. The van der Waals surface area contributed by atoms with Crippen LogP contribution in [-0.2, 0) is 0 Å². The summed E-state index contributed by atoms with van der Waals surface area (Å²) in [6, 6.07) is 25.2. The Kier molecular flexibility index (Phi) is 4.93. The van der Waals surface area contributed by atoms with Gasteiger partial charge in [0.05, 0.1) is 10.4 Å². The molecule has 0 fully saturated rings. The van der Waals surface area contributed by atoms with E-state index in [0.717, 1.165) is 11.1 Å². The third-order valence-corrected chi connectivity index (χ3v) is 4.72. The molecular formula is C22H18N4O2. The maximum absolute atomic E-state index is 11.5. The second kappa shape index (κ2) is 7.84. The first-order chi connectivity index (χ1) is 13.7. The van der Waals surface area contributed by atoms with Crippen molar-refractivity contribution in [3.8, 4) is 0 Å². The van der Waals surface area contributed by atoms with Crippen molar-refractivity contribution in [1.29, 1.82) is 0 Å². The van der Waals surface area contributed by atoms with Crippen LogP contribution in [0.15, 0.2) is 85.2 Å². The lowest BCUT2D eigenvalue weighted by atomic mass is 9.91. The van der Waals surface area contributed by atoms with Crippen LogP contribution in [0.4, 0.5) is 11.5 Å². The smallest absolute Gasteiger partial charge is 0.282 e. The van der Waals surface area contributed by atoms with Crippen molar-refractivity contribution >= 4 is 22.4 Å². The molecule has 28 heavy (non-hydrogen) atoms. The quantitative estimate of drug-likeness (QED) is 0.390. The summed E-state index contributed by atoms with van der Waals surface area (Å²) in [6.07, 6.45) is 1.43. The molecule has 0 spiro atoms. The molecule has 4 aromatic rings. The number of nitro benzene ring substituents is 1. The molecule has 0 unspecified atom stereocenters. The average molecular weight is 370 g/mol. The predicted octanol–water partition coefficient (Wildman–Crippen LogP) is 4.78. The van der Waals surface area contributed by atoms with Gasteiger partial charge in [-0.2, -0.15) is 0 Å². The first kappa shape index (κ1) is 17.6. The van der Waals surface area contributed by atoms with Crippen molar-refractivity contribution in [3.63, 3.8) is 0 Å². The number of nitrogens with one attached hydrogen (secondary N) is 1. The van der Waals surface area contributed by atoms with E-state index in [1.807, 2.05) is 36.4 Å². The zero-order valence-electron chi connectivity index (χ0n) is 15.0. The second-order valence-electron chi connectivity index (χ2n) is 6.41. The van der Waals surface area contributed by atoms with Gasteiger partial charge in [0.1, 0.15) is 17.5 Å². The monoisotopic (exact) mass is 370 g/mol. The van der Waals surface area contributed by atoms with E-state index in [-0.39, 0.29) is 11.6 Å². The molecule has 0 saturated heterocycles. The van der Waals surface area contributed by atoms with Crippen molar-refractivity contribution in [3.05, 3.63) is 106 Å². The number of nitro groups is 1. The van der Waals surface area contributed by atoms with Crippen molar-refractivity contribution in [2.45, 2.75) is 5.92 Å². The fourth-order valence-electron chi connectivity index (χ4n) is 3.38. The second-order valence-corrected chi connectivity index (χ2v) is 6.41. The van der Waals surface area contributed by atoms with Gasteiger partial charge in [0.25, 0.3) is 5.69 Å². The van der Waals surface area contributed by atoms with E-state index >= 15 is 0 Å². The van der Waals surface area contributed by atoms with E-state index in [0.29, 0.717) is 23.3 Å². The Morgan fingerprint density at radius 1 is 0.857 bits per heavy atom. The number of benzene rings is 3. The number of fused-ring (bicyclic) bond motifs is 1. The Bertz CT molecular complexity index is 1060. The highest BCUT2D eigenvalue weighted by Crippen LogP contribution is 2.31. The fraction of sp³-hybridized carbons (Fsp3) is 0.0909. The largest absolute Gasteiger partial charge is 0.368 e. The number of hydrogen-bond donors (Lipinski definition) is 1. The lowest BCUT2D eigenvalue weighted by Crippen LogP contribution is -2.15. The van der Waals surface area contributed by atoms with Gasteiger partial charge >= 0.3 is 0 Å². The Labute approximate surface area is 162 Å². The Morgan fingerprint density at radius 3 is 2.11 bits per heavy atom. The number of hydrogen-bond acceptors (Lipinski definition) is 5. The summed E-state index contributed by atoms with van der Waals surface area (Å²) < 4.78 is 0. The molecule has 3 aromatic carbocycles. The van der Waals surface area contributed by atoms with Crippen LogP contribution >= 0.6 is 0 Å². The van der Waals surface area contributed by atoms with Crippen LogP contribution in [-0.4, -0.2) is 21.4 Å². The zero-order chi connectivity index (χ0) is 19.3. The SMILES string of the molecule is O=[N+]([O-])c1cccc2ncnc(NCC(c3ccccc3)c3ccccc3)c12. The van der Waals surface area contributed by atoms with E-state index in [2.05, 4.69) is 39.6 Å². The number of aromatic nitrogens is 2. The van der Waals surface area contributed by atoms with Gasteiger partial charge in [-0.25, -0.2) is 9.97 Å². The normalized spacial score (nSPS) is 10.9. The van der Waals surface area contributed by atoms with Gasteiger partial charge in [0.15, 0.2) is 0 Å². The maximum atomic E-state index is 11.5. The molecule has 0 aliphatic carbocycles. The summed E-state index contributed by atoms with van der Waals surface area (Å²) in [7, 11) is 0. The summed E-state index contributed by atoms with van der Waals surface area (Å²) in [5.74, 6) is 0.546. The topological polar surface area (TPSA) is 81.0 Å². The van der Waals surface area contributed by atoms with Crippen molar-refractivity contribution in [1.82, 2.24) is 9.97 Å². The summed E-state index contributed by atoms with van der Waals surface area (Å²) in [5, 5.41) is 15.2. The summed E-state index contributed by atoms with van der Waals surface area (Å²) >= 11 is 0. The molecule has 0 aliphatic rings. The molecule has 138 valence electrons. The summed E-state index contributed by atoms with van der Waals surface area (Å²) in [5.41, 5.74) is 2.86. The molecule has 0 bridgehead atoms. The maximum Gasteiger partial charge on any atom is 0.282 e. The highest BCUT2D eigenvalue weighted by Gasteiger charge is 2.19. The Balaban J connectivity index is 1.71. The first-order valence-corrected chi connectivity index (χ1v) is 8.96. The molecule has 0 aliphatic heterocycles. The van der Waals surface area contributed by atoms with Crippen LogP contribution in [0.3, 0.4) is 0 Å². The lowest BCUT2D eigenvalue weighted by molar-refractivity contribution is -0.383. The molecule has 0 amide bonds. The summed E-state index contributed by atoms with van der Waals surface area (Å²) in [4.78, 5) is 19.5. The van der Waals surface area contributed by atoms with Crippen LogP contribution in [0, 0.1) is 10.1 Å². The van der Waals surface area contributed by atoms with E-state index in [9.17, 15) is 10.1 Å². The molecule has 6 nitrogen and oxygen atoms in total. The number of nitrogens with zero attached hydrogens (tertiary/aromatic N) is 3. The highest BCUT2D eigenvalue weighted by molar-refractivity contribution is 5.96. The molecule has 1 aromatic heterocycles. The Hall–Kier alpha value is -3.80. The molecular weight excluding hydrogens is 352 g/mol. The van der Waals surface area contributed by atoms with Crippen molar-refractivity contribution in [2.75, 3.05) is 11.9 Å². The zero-order valence-corrected chi connectivity index (χ0v) is 15.0. The summed E-state index contributed by atoms with van der Waals surface area (Å²) in [6.45, 7) is 0.548. The molecule has 1 heterocycles. The third kappa shape index (κ3) is 3.53. The number of rotatable bonds is 6. The highest BCUT2D eigenvalue weighted by atomic mass is 16.6. The molecule has 0 radical (unpaired) electrons. The van der Waals surface area contributed by atoms with Crippen LogP contribution in [0.5, 0.6) is 0 Å². The van der Waals surface area contributed by atoms with Crippen LogP contribution in [0.25, 0.3) is 10.9 Å². The molecule has 0 atom stereocenters. The number of non-ortho nitro benzene ring substituents is 1. The van der Waals surface area contributed by atoms with Crippen LogP contribution < -0.4 is 5.32 Å². The molecule has 0 saturated carbocycles. The van der Waals surface area contributed by atoms with E-state index < -0.39 is 4.92 Å².